The lowest BCUT2D eigenvalue weighted by atomic mass is 10.0. The number of amides is 1. The second-order valence-corrected chi connectivity index (χ2v) is 8.42. The van der Waals surface area contributed by atoms with Crippen molar-refractivity contribution in [3.63, 3.8) is 0 Å². The Morgan fingerprint density at radius 2 is 1.91 bits per heavy atom. The van der Waals surface area contributed by atoms with Crippen LogP contribution in [0.2, 0.25) is 0 Å². The summed E-state index contributed by atoms with van der Waals surface area (Å²) in [6.07, 6.45) is 3.08. The number of aryl methyl sites for hydroxylation is 2. The summed E-state index contributed by atoms with van der Waals surface area (Å²) >= 11 is 0. The maximum absolute atomic E-state index is 14.4. The van der Waals surface area contributed by atoms with Gasteiger partial charge >= 0.3 is 11.9 Å². The molecule has 3 aromatic carbocycles. The third kappa shape index (κ3) is 4.12. The van der Waals surface area contributed by atoms with E-state index in [-0.39, 0.29) is 28.3 Å². The molecule has 0 saturated heterocycles. The summed E-state index contributed by atoms with van der Waals surface area (Å²) in [6.45, 7) is 1.64. The highest BCUT2D eigenvalue weighted by molar-refractivity contribution is 6.71. The zero-order valence-electron chi connectivity index (χ0n) is 18.7. The number of aromatic hydroxyl groups is 1. The van der Waals surface area contributed by atoms with E-state index in [9.17, 15) is 24.2 Å². The highest BCUT2D eigenvalue weighted by Gasteiger charge is 2.31. The summed E-state index contributed by atoms with van der Waals surface area (Å²) < 4.78 is 14.4. The number of rotatable bonds is 5. The van der Waals surface area contributed by atoms with Crippen LogP contribution in [0, 0.1) is 5.82 Å². The van der Waals surface area contributed by atoms with Gasteiger partial charge in [-0.25, -0.2) is 9.18 Å². The van der Waals surface area contributed by atoms with Gasteiger partial charge in [0.25, 0.3) is 0 Å². The minimum absolute atomic E-state index is 0.00375. The number of halogens is 1. The first kappa shape index (κ1) is 22.3. The van der Waals surface area contributed by atoms with E-state index in [1.165, 1.54) is 34.3 Å². The predicted molar refractivity (Wildman–Crippen MR) is 131 cm³/mol. The average molecular weight is 472 g/mol. The van der Waals surface area contributed by atoms with Gasteiger partial charge in [0.15, 0.2) is 5.71 Å². The Labute approximate surface area is 200 Å². The average Bonchev–Trinajstić information content (AvgIpc) is 3.42. The number of hydrogen-bond acceptors (Lipinski definition) is 6. The largest absolute Gasteiger partial charge is 0.505 e. The number of carbonyl (C=O) groups excluding carboxylic acids is 1. The smallest absolute Gasteiger partial charge is 0.335 e. The van der Waals surface area contributed by atoms with E-state index < -0.39 is 17.7 Å². The van der Waals surface area contributed by atoms with Gasteiger partial charge in [-0.1, -0.05) is 18.2 Å². The lowest BCUT2D eigenvalue weighted by Crippen LogP contribution is -2.28. The number of hydrazone groups is 2. The molecule has 1 aliphatic heterocycles. The topological polar surface area (TPSA) is 115 Å². The quantitative estimate of drug-likeness (QED) is 0.372. The van der Waals surface area contributed by atoms with Crippen molar-refractivity contribution in [2.45, 2.75) is 26.2 Å². The molecule has 0 radical (unpaired) electrons. The van der Waals surface area contributed by atoms with E-state index in [0.29, 0.717) is 17.0 Å². The Balaban J connectivity index is 1.43. The summed E-state index contributed by atoms with van der Waals surface area (Å²) in [7, 11) is 0. The highest BCUT2D eigenvalue weighted by atomic mass is 19.1. The molecule has 0 atom stereocenters. The maximum Gasteiger partial charge on any atom is 0.335 e. The van der Waals surface area contributed by atoms with Crippen LogP contribution in [-0.4, -0.2) is 33.5 Å². The van der Waals surface area contributed by atoms with E-state index in [1.54, 1.807) is 13.0 Å². The molecule has 1 heterocycles. The number of carboxylic acids is 1. The molecule has 3 aromatic rings. The van der Waals surface area contributed by atoms with Crippen LogP contribution in [0.15, 0.2) is 64.8 Å². The van der Waals surface area contributed by atoms with E-state index in [0.717, 1.165) is 31.4 Å². The predicted octanol–water partition coefficient (Wildman–Crippen LogP) is 4.58. The van der Waals surface area contributed by atoms with Gasteiger partial charge in [-0.15, -0.1) is 0 Å². The van der Waals surface area contributed by atoms with Crippen molar-refractivity contribution in [1.29, 1.82) is 0 Å². The minimum atomic E-state index is -1.14. The zero-order chi connectivity index (χ0) is 24.7. The van der Waals surface area contributed by atoms with Crippen LogP contribution in [0.4, 0.5) is 15.8 Å². The Morgan fingerprint density at radius 3 is 2.71 bits per heavy atom. The van der Waals surface area contributed by atoms with Gasteiger partial charge in [0.1, 0.15) is 17.3 Å². The van der Waals surface area contributed by atoms with Crippen molar-refractivity contribution in [3.05, 3.63) is 77.1 Å². The molecule has 2 aliphatic rings. The van der Waals surface area contributed by atoms with E-state index >= 15 is 0 Å². The molecular formula is C26H21FN4O4. The molecule has 0 saturated carbocycles. The van der Waals surface area contributed by atoms with E-state index in [1.807, 2.05) is 18.2 Å². The summed E-state index contributed by atoms with van der Waals surface area (Å²) in [4.78, 5) is 24.3. The van der Waals surface area contributed by atoms with Crippen molar-refractivity contribution in [3.8, 4) is 16.9 Å². The number of anilines is 2. The number of fused-ring (bicyclic) bond motifs is 1. The monoisotopic (exact) mass is 472 g/mol. The molecule has 35 heavy (non-hydrogen) atoms. The fourth-order valence-electron chi connectivity index (χ4n) is 4.33. The standard InChI is InChI=1S/C26H21FN4O4/c1-14-23(25(33)31(30-14)20-9-8-15-4-2-5-16(15)11-20)29-28-22-13-19(27)12-21(24(22)32)17-6-3-7-18(10-17)26(34)35/h3,6-13,28,32H,2,4-5H2,1H3,(H,34,35). The normalized spacial score (nSPS) is 15.9. The van der Waals surface area contributed by atoms with Gasteiger partial charge in [0.05, 0.1) is 17.0 Å². The van der Waals surface area contributed by atoms with Crippen LogP contribution in [0.3, 0.4) is 0 Å². The van der Waals surface area contributed by atoms with Crippen molar-refractivity contribution in [1.82, 2.24) is 0 Å². The van der Waals surface area contributed by atoms with Crippen LogP contribution in [0.5, 0.6) is 5.75 Å². The third-order valence-electron chi connectivity index (χ3n) is 6.10. The molecule has 0 unspecified atom stereocenters. The molecule has 0 fully saturated rings. The number of carboxylic acid groups (broad SMARTS) is 1. The molecule has 8 nitrogen and oxygen atoms in total. The lowest BCUT2D eigenvalue weighted by Gasteiger charge is -2.13. The molecule has 1 aliphatic carbocycles. The van der Waals surface area contributed by atoms with Crippen molar-refractivity contribution < 1.29 is 24.2 Å². The number of benzene rings is 3. The molecular weight excluding hydrogens is 451 g/mol. The molecule has 3 N–H and O–H groups in total. The molecule has 0 aromatic heterocycles. The van der Waals surface area contributed by atoms with Crippen molar-refractivity contribution >= 4 is 34.7 Å². The Morgan fingerprint density at radius 1 is 1.11 bits per heavy atom. The van der Waals surface area contributed by atoms with Crippen LogP contribution < -0.4 is 10.4 Å². The summed E-state index contributed by atoms with van der Waals surface area (Å²) in [6, 6.07) is 13.7. The zero-order valence-corrected chi connectivity index (χ0v) is 18.7. The van der Waals surface area contributed by atoms with Gasteiger partial charge < -0.3 is 10.2 Å². The summed E-state index contributed by atoms with van der Waals surface area (Å²) in [5.41, 5.74) is 6.42. The fourth-order valence-corrected chi connectivity index (χ4v) is 4.33. The first-order chi connectivity index (χ1) is 16.8. The molecule has 9 heteroatoms. The van der Waals surface area contributed by atoms with E-state index in [2.05, 4.69) is 15.6 Å². The third-order valence-corrected chi connectivity index (χ3v) is 6.10. The first-order valence-corrected chi connectivity index (χ1v) is 11.0. The number of phenols is 1. The molecule has 1 amide bonds. The molecule has 5 rings (SSSR count). The van der Waals surface area contributed by atoms with E-state index in [4.69, 9.17) is 0 Å². The van der Waals surface area contributed by atoms with Crippen molar-refractivity contribution in [2.75, 3.05) is 10.4 Å². The number of nitrogens with zero attached hydrogens (tertiary/aromatic N) is 3. The number of nitrogens with one attached hydrogen (secondary N) is 1. The summed E-state index contributed by atoms with van der Waals surface area (Å²) in [5.74, 6) is -2.61. The first-order valence-electron chi connectivity index (χ1n) is 11.0. The molecule has 0 bridgehead atoms. The summed E-state index contributed by atoms with van der Waals surface area (Å²) in [5, 5.41) is 29.7. The van der Waals surface area contributed by atoms with Crippen LogP contribution in [-0.2, 0) is 17.6 Å². The number of carbonyl (C=O) groups is 2. The van der Waals surface area contributed by atoms with Crippen molar-refractivity contribution in [2.24, 2.45) is 10.2 Å². The highest BCUT2D eigenvalue weighted by Crippen LogP contribution is 2.37. The van der Waals surface area contributed by atoms with Gasteiger partial charge in [-0.05, 0) is 73.2 Å². The van der Waals surface area contributed by atoms with Gasteiger partial charge in [-0.3, -0.25) is 10.2 Å². The fraction of sp³-hybridized carbons (Fsp3) is 0.154. The SMILES string of the molecule is CC1=NN(c2ccc3c(c2)CCC3)C(=O)C1=NNc1cc(F)cc(-c2cccc(C(=O)O)c2)c1O. The Hall–Kier alpha value is -4.53. The Kier molecular flexibility index (Phi) is 5.52. The lowest BCUT2D eigenvalue weighted by molar-refractivity contribution is -0.112. The Bertz CT molecular complexity index is 1450. The maximum atomic E-state index is 14.4. The number of aromatic carboxylic acids is 1. The number of hydrogen-bond donors (Lipinski definition) is 3. The van der Waals surface area contributed by atoms with Crippen LogP contribution >= 0.6 is 0 Å². The van der Waals surface area contributed by atoms with Gasteiger partial charge in [0, 0.05) is 11.6 Å². The minimum Gasteiger partial charge on any atom is -0.505 e. The van der Waals surface area contributed by atoms with Crippen LogP contribution in [0.25, 0.3) is 11.1 Å². The molecule has 0 spiro atoms. The van der Waals surface area contributed by atoms with Gasteiger partial charge in [-0.2, -0.15) is 15.2 Å². The van der Waals surface area contributed by atoms with Gasteiger partial charge in [0.2, 0.25) is 0 Å². The van der Waals surface area contributed by atoms with Crippen LogP contribution in [0.1, 0.15) is 34.8 Å². The second kappa shape index (κ2) is 8.68. The molecule has 176 valence electrons. The second-order valence-electron chi connectivity index (χ2n) is 8.42. The number of phenolic OH excluding ortho intramolecular Hbond substituents is 1.